The maximum atomic E-state index is 12.0. The number of hydrogen-bond donors (Lipinski definition) is 2. The molecule has 0 aliphatic rings. The van der Waals surface area contributed by atoms with Crippen LogP contribution in [0, 0.1) is 0 Å². The fourth-order valence-corrected chi connectivity index (χ4v) is 2.98. The van der Waals surface area contributed by atoms with Crippen molar-refractivity contribution in [1.82, 2.24) is 4.72 Å². The van der Waals surface area contributed by atoms with E-state index in [2.05, 4.69) is 4.72 Å². The molecule has 3 N–H and O–H groups in total. The summed E-state index contributed by atoms with van der Waals surface area (Å²) < 4.78 is 26.7. The highest BCUT2D eigenvalue weighted by Crippen LogP contribution is 2.16. The van der Waals surface area contributed by atoms with E-state index in [1.807, 2.05) is 26.0 Å². The van der Waals surface area contributed by atoms with E-state index in [1.54, 1.807) is 12.1 Å². The number of hydrogen-bond acceptors (Lipinski definition) is 3. The zero-order valence-electron chi connectivity index (χ0n) is 10.3. The summed E-state index contributed by atoms with van der Waals surface area (Å²) >= 11 is 0. The van der Waals surface area contributed by atoms with Crippen LogP contribution in [-0.2, 0) is 16.4 Å². The third-order valence-electron chi connectivity index (χ3n) is 2.35. The Morgan fingerprint density at radius 1 is 1.35 bits per heavy atom. The Morgan fingerprint density at radius 3 is 2.59 bits per heavy atom. The monoisotopic (exact) mass is 256 g/mol. The highest BCUT2D eigenvalue weighted by atomic mass is 32.2. The van der Waals surface area contributed by atoms with E-state index in [4.69, 9.17) is 5.73 Å². The molecule has 0 fully saturated rings. The van der Waals surface area contributed by atoms with Crippen molar-refractivity contribution in [2.24, 2.45) is 5.73 Å². The van der Waals surface area contributed by atoms with Gasteiger partial charge in [0.25, 0.3) is 0 Å². The van der Waals surface area contributed by atoms with Crippen molar-refractivity contribution in [2.75, 3.05) is 6.54 Å². The molecule has 1 unspecified atom stereocenters. The minimum Gasteiger partial charge on any atom is -0.328 e. The second kappa shape index (κ2) is 6.14. The lowest BCUT2D eigenvalue weighted by atomic mass is 10.1. The van der Waals surface area contributed by atoms with Gasteiger partial charge in [-0.25, -0.2) is 13.1 Å². The standard InChI is InChI=1S/C12H20N2O2S/c1-3-8-14-17(15,16)12-7-5-4-6-11(12)9-10(2)13/h4-7,10,14H,3,8-9,13H2,1-2H3. The highest BCUT2D eigenvalue weighted by molar-refractivity contribution is 7.89. The van der Waals surface area contributed by atoms with Gasteiger partial charge in [-0.05, 0) is 31.4 Å². The topological polar surface area (TPSA) is 72.2 Å². The zero-order valence-corrected chi connectivity index (χ0v) is 11.1. The Balaban J connectivity index is 3.04. The summed E-state index contributed by atoms with van der Waals surface area (Å²) in [7, 11) is -3.40. The Labute approximate surface area is 103 Å². The summed E-state index contributed by atoms with van der Waals surface area (Å²) in [6.45, 7) is 4.24. The molecule has 4 nitrogen and oxygen atoms in total. The van der Waals surface area contributed by atoms with Gasteiger partial charge < -0.3 is 5.73 Å². The van der Waals surface area contributed by atoms with Gasteiger partial charge in [0, 0.05) is 12.6 Å². The van der Waals surface area contributed by atoms with E-state index in [0.29, 0.717) is 17.9 Å². The van der Waals surface area contributed by atoms with Gasteiger partial charge in [0.1, 0.15) is 0 Å². The number of nitrogens with two attached hydrogens (primary N) is 1. The SMILES string of the molecule is CCCNS(=O)(=O)c1ccccc1CC(C)N. The number of nitrogens with one attached hydrogen (secondary N) is 1. The molecule has 0 saturated carbocycles. The third kappa shape index (κ3) is 4.11. The molecule has 96 valence electrons. The molecule has 0 aliphatic carbocycles. The van der Waals surface area contributed by atoms with Crippen molar-refractivity contribution in [3.63, 3.8) is 0 Å². The quantitative estimate of drug-likeness (QED) is 0.805. The molecule has 5 heteroatoms. The van der Waals surface area contributed by atoms with Crippen LogP contribution < -0.4 is 10.5 Å². The molecule has 0 radical (unpaired) electrons. The summed E-state index contributed by atoms with van der Waals surface area (Å²) in [5.41, 5.74) is 6.49. The molecule has 17 heavy (non-hydrogen) atoms. The lowest BCUT2D eigenvalue weighted by Gasteiger charge is -2.12. The lowest BCUT2D eigenvalue weighted by molar-refractivity contribution is 0.578. The van der Waals surface area contributed by atoms with Gasteiger partial charge in [-0.1, -0.05) is 25.1 Å². The van der Waals surface area contributed by atoms with Crippen molar-refractivity contribution < 1.29 is 8.42 Å². The Bertz CT molecular complexity index is 455. The molecule has 1 aromatic rings. The largest absolute Gasteiger partial charge is 0.328 e. The van der Waals surface area contributed by atoms with Crippen LogP contribution in [0.25, 0.3) is 0 Å². The highest BCUT2D eigenvalue weighted by Gasteiger charge is 2.17. The van der Waals surface area contributed by atoms with Crippen molar-refractivity contribution in [1.29, 1.82) is 0 Å². The van der Waals surface area contributed by atoms with Gasteiger partial charge in [-0.2, -0.15) is 0 Å². The molecule has 0 aliphatic heterocycles. The van der Waals surface area contributed by atoms with Crippen LogP contribution in [0.3, 0.4) is 0 Å². The molecule has 1 rings (SSSR count). The predicted octanol–water partition coefficient (Wildman–Crippen LogP) is 1.26. The van der Waals surface area contributed by atoms with Crippen LogP contribution in [0.4, 0.5) is 0 Å². The molecular formula is C12H20N2O2S. The molecule has 0 amide bonds. The third-order valence-corrected chi connectivity index (χ3v) is 3.91. The van der Waals surface area contributed by atoms with E-state index in [0.717, 1.165) is 12.0 Å². The Kier molecular flexibility index (Phi) is 5.11. The normalized spacial score (nSPS) is 13.6. The molecule has 0 saturated heterocycles. The minimum absolute atomic E-state index is 0.0578. The fraction of sp³-hybridized carbons (Fsp3) is 0.500. The fourth-order valence-electron chi connectivity index (χ4n) is 1.60. The number of benzene rings is 1. The average molecular weight is 256 g/mol. The first kappa shape index (κ1) is 14.2. The first-order valence-corrected chi connectivity index (χ1v) is 7.29. The van der Waals surface area contributed by atoms with Crippen LogP contribution >= 0.6 is 0 Å². The number of sulfonamides is 1. The first-order valence-electron chi connectivity index (χ1n) is 5.80. The van der Waals surface area contributed by atoms with Gasteiger partial charge >= 0.3 is 0 Å². The summed E-state index contributed by atoms with van der Waals surface area (Å²) in [6, 6.07) is 6.93. The van der Waals surface area contributed by atoms with E-state index in [-0.39, 0.29) is 6.04 Å². The maximum Gasteiger partial charge on any atom is 0.240 e. The van der Waals surface area contributed by atoms with Crippen molar-refractivity contribution in [3.8, 4) is 0 Å². The molecule has 0 spiro atoms. The van der Waals surface area contributed by atoms with E-state index in [9.17, 15) is 8.42 Å². The minimum atomic E-state index is -3.40. The van der Waals surface area contributed by atoms with Crippen LogP contribution in [0.1, 0.15) is 25.8 Å². The van der Waals surface area contributed by atoms with Gasteiger partial charge in [-0.3, -0.25) is 0 Å². The van der Waals surface area contributed by atoms with Crippen LogP contribution in [0.5, 0.6) is 0 Å². The van der Waals surface area contributed by atoms with E-state index in [1.165, 1.54) is 0 Å². The smallest absolute Gasteiger partial charge is 0.240 e. The van der Waals surface area contributed by atoms with E-state index >= 15 is 0 Å². The van der Waals surface area contributed by atoms with Crippen molar-refractivity contribution >= 4 is 10.0 Å². The summed E-state index contributed by atoms with van der Waals surface area (Å²) in [5, 5.41) is 0. The maximum absolute atomic E-state index is 12.0. The van der Waals surface area contributed by atoms with Crippen molar-refractivity contribution in [3.05, 3.63) is 29.8 Å². The lowest BCUT2D eigenvalue weighted by Crippen LogP contribution is -2.27. The summed E-state index contributed by atoms with van der Waals surface area (Å²) in [5.74, 6) is 0. The summed E-state index contributed by atoms with van der Waals surface area (Å²) in [4.78, 5) is 0.339. The van der Waals surface area contributed by atoms with Gasteiger partial charge in [-0.15, -0.1) is 0 Å². The van der Waals surface area contributed by atoms with Gasteiger partial charge in [0.15, 0.2) is 0 Å². The molecule has 1 aromatic carbocycles. The molecule has 0 aromatic heterocycles. The molecule has 0 heterocycles. The molecule has 1 atom stereocenters. The van der Waals surface area contributed by atoms with Crippen LogP contribution in [-0.4, -0.2) is 21.0 Å². The zero-order chi connectivity index (χ0) is 12.9. The van der Waals surface area contributed by atoms with Gasteiger partial charge in [0.05, 0.1) is 4.90 Å². The predicted molar refractivity (Wildman–Crippen MR) is 69.3 cm³/mol. The molecular weight excluding hydrogens is 236 g/mol. The van der Waals surface area contributed by atoms with Gasteiger partial charge in [0.2, 0.25) is 10.0 Å². The Morgan fingerprint density at radius 2 is 2.00 bits per heavy atom. The van der Waals surface area contributed by atoms with Crippen LogP contribution in [0.2, 0.25) is 0 Å². The second-order valence-corrected chi connectivity index (χ2v) is 5.92. The molecule has 0 bridgehead atoms. The van der Waals surface area contributed by atoms with E-state index < -0.39 is 10.0 Å². The van der Waals surface area contributed by atoms with Crippen LogP contribution in [0.15, 0.2) is 29.2 Å². The first-order chi connectivity index (χ1) is 7.97. The van der Waals surface area contributed by atoms with Crippen molar-refractivity contribution in [2.45, 2.75) is 37.6 Å². The number of rotatable bonds is 6. The summed E-state index contributed by atoms with van der Waals surface area (Å²) in [6.07, 6.45) is 1.33. The second-order valence-electron chi connectivity index (χ2n) is 4.19. The average Bonchev–Trinajstić information content (AvgIpc) is 2.26. The Hall–Kier alpha value is -0.910.